The summed E-state index contributed by atoms with van der Waals surface area (Å²) in [6.45, 7) is 2.56. The summed E-state index contributed by atoms with van der Waals surface area (Å²) in [6, 6.07) is 16.9. The zero-order chi connectivity index (χ0) is 16.5. The predicted octanol–water partition coefficient (Wildman–Crippen LogP) is 3.40. The van der Waals surface area contributed by atoms with Crippen molar-refractivity contribution in [3.8, 4) is 0 Å². The van der Waals surface area contributed by atoms with Gasteiger partial charge in [0.05, 0.1) is 0 Å². The van der Waals surface area contributed by atoms with E-state index in [2.05, 4.69) is 10.6 Å². The first-order valence-electron chi connectivity index (χ1n) is 7.91. The van der Waals surface area contributed by atoms with Crippen LogP contribution in [0.5, 0.6) is 0 Å². The number of hydrogen-bond donors (Lipinski definition) is 2. The standard InChI is InChI=1S/C19H22N2O2/c1-2-6-18(22)21-17-11-9-15(10-12-17)13-14-20-19(23)16-7-4-3-5-8-16/h3-5,7-12H,2,6,13-14H2,1H3,(H,20,23)(H,21,22). The molecule has 2 N–H and O–H groups in total. The molecule has 0 aliphatic carbocycles. The number of carbonyl (C=O) groups is 2. The molecular weight excluding hydrogens is 288 g/mol. The first-order valence-corrected chi connectivity index (χ1v) is 7.91. The molecule has 2 amide bonds. The van der Waals surface area contributed by atoms with Crippen LogP contribution in [0.25, 0.3) is 0 Å². The Labute approximate surface area is 136 Å². The molecule has 120 valence electrons. The summed E-state index contributed by atoms with van der Waals surface area (Å²) in [7, 11) is 0. The largest absolute Gasteiger partial charge is 0.352 e. The van der Waals surface area contributed by atoms with Crippen molar-refractivity contribution in [2.24, 2.45) is 0 Å². The summed E-state index contributed by atoms with van der Waals surface area (Å²) in [5.41, 5.74) is 2.59. The lowest BCUT2D eigenvalue weighted by Crippen LogP contribution is -2.25. The van der Waals surface area contributed by atoms with Gasteiger partial charge in [0.2, 0.25) is 5.91 Å². The summed E-state index contributed by atoms with van der Waals surface area (Å²) in [5, 5.41) is 5.76. The fourth-order valence-electron chi connectivity index (χ4n) is 2.22. The molecule has 2 aromatic carbocycles. The Kier molecular flexibility index (Phi) is 6.36. The Morgan fingerprint density at radius 1 is 0.957 bits per heavy atom. The molecule has 0 saturated carbocycles. The van der Waals surface area contributed by atoms with Crippen molar-refractivity contribution < 1.29 is 9.59 Å². The molecule has 2 aromatic rings. The molecule has 0 unspecified atom stereocenters. The second-order valence-electron chi connectivity index (χ2n) is 5.37. The maximum Gasteiger partial charge on any atom is 0.251 e. The van der Waals surface area contributed by atoms with Gasteiger partial charge in [0.15, 0.2) is 0 Å². The van der Waals surface area contributed by atoms with E-state index in [1.54, 1.807) is 12.1 Å². The quantitative estimate of drug-likeness (QED) is 0.823. The molecule has 0 saturated heterocycles. The van der Waals surface area contributed by atoms with E-state index in [9.17, 15) is 9.59 Å². The smallest absolute Gasteiger partial charge is 0.251 e. The highest BCUT2D eigenvalue weighted by Gasteiger charge is 2.04. The van der Waals surface area contributed by atoms with E-state index >= 15 is 0 Å². The van der Waals surface area contributed by atoms with Gasteiger partial charge >= 0.3 is 0 Å². The van der Waals surface area contributed by atoms with Crippen LogP contribution in [-0.4, -0.2) is 18.4 Å². The highest BCUT2D eigenvalue weighted by Crippen LogP contribution is 2.10. The van der Waals surface area contributed by atoms with Crippen LogP contribution in [0.1, 0.15) is 35.7 Å². The van der Waals surface area contributed by atoms with Crippen LogP contribution in [-0.2, 0) is 11.2 Å². The summed E-state index contributed by atoms with van der Waals surface area (Å²) in [6.07, 6.45) is 2.13. The van der Waals surface area contributed by atoms with Crippen molar-refractivity contribution >= 4 is 17.5 Å². The Morgan fingerprint density at radius 2 is 1.65 bits per heavy atom. The number of rotatable bonds is 7. The number of amides is 2. The molecule has 0 bridgehead atoms. The van der Waals surface area contributed by atoms with Crippen molar-refractivity contribution in [2.45, 2.75) is 26.2 Å². The van der Waals surface area contributed by atoms with Crippen molar-refractivity contribution in [3.05, 3.63) is 65.7 Å². The van der Waals surface area contributed by atoms with Gasteiger partial charge in [0.1, 0.15) is 0 Å². The van der Waals surface area contributed by atoms with Crippen LogP contribution in [0.2, 0.25) is 0 Å². The molecule has 0 heterocycles. The minimum atomic E-state index is -0.0611. The van der Waals surface area contributed by atoms with Crippen LogP contribution >= 0.6 is 0 Å². The van der Waals surface area contributed by atoms with Crippen molar-refractivity contribution in [2.75, 3.05) is 11.9 Å². The fraction of sp³-hybridized carbons (Fsp3) is 0.263. The lowest BCUT2D eigenvalue weighted by atomic mass is 10.1. The Balaban J connectivity index is 1.78. The summed E-state index contributed by atoms with van der Waals surface area (Å²) in [4.78, 5) is 23.4. The van der Waals surface area contributed by atoms with E-state index in [1.807, 2.05) is 49.4 Å². The minimum absolute atomic E-state index is 0.0374. The molecule has 0 aromatic heterocycles. The van der Waals surface area contributed by atoms with Crippen molar-refractivity contribution in [1.29, 1.82) is 0 Å². The number of hydrogen-bond acceptors (Lipinski definition) is 2. The first kappa shape index (κ1) is 16.7. The average Bonchev–Trinajstić information content (AvgIpc) is 2.57. The SMILES string of the molecule is CCCC(=O)Nc1ccc(CCNC(=O)c2ccccc2)cc1. The molecule has 0 aliphatic heterocycles. The maximum atomic E-state index is 11.9. The molecule has 4 nitrogen and oxygen atoms in total. The van der Waals surface area contributed by atoms with Gasteiger partial charge in [-0.05, 0) is 42.7 Å². The second kappa shape index (κ2) is 8.73. The van der Waals surface area contributed by atoms with Crippen LogP contribution < -0.4 is 10.6 Å². The topological polar surface area (TPSA) is 58.2 Å². The summed E-state index contributed by atoms with van der Waals surface area (Å²) in [5.74, 6) is -0.0237. The molecule has 4 heteroatoms. The second-order valence-corrected chi connectivity index (χ2v) is 5.37. The number of anilines is 1. The first-order chi connectivity index (χ1) is 11.2. The average molecular weight is 310 g/mol. The molecular formula is C19H22N2O2. The fourth-order valence-corrected chi connectivity index (χ4v) is 2.22. The number of benzene rings is 2. The normalized spacial score (nSPS) is 10.1. The van der Waals surface area contributed by atoms with Crippen molar-refractivity contribution in [1.82, 2.24) is 5.32 Å². The highest BCUT2D eigenvalue weighted by atomic mass is 16.2. The van der Waals surface area contributed by atoms with E-state index in [-0.39, 0.29) is 11.8 Å². The third kappa shape index (κ3) is 5.58. The van der Waals surface area contributed by atoms with E-state index < -0.39 is 0 Å². The monoisotopic (exact) mass is 310 g/mol. The molecule has 2 rings (SSSR count). The Hall–Kier alpha value is -2.62. The number of nitrogens with one attached hydrogen (secondary N) is 2. The van der Waals surface area contributed by atoms with Gasteiger partial charge in [-0.25, -0.2) is 0 Å². The molecule has 0 aliphatic rings. The molecule has 0 spiro atoms. The Morgan fingerprint density at radius 3 is 2.30 bits per heavy atom. The van der Waals surface area contributed by atoms with Gasteiger partial charge < -0.3 is 10.6 Å². The van der Waals surface area contributed by atoms with Gasteiger partial charge in [-0.3, -0.25) is 9.59 Å². The molecule has 0 atom stereocenters. The zero-order valence-corrected chi connectivity index (χ0v) is 13.3. The lowest BCUT2D eigenvalue weighted by molar-refractivity contribution is -0.116. The highest BCUT2D eigenvalue weighted by molar-refractivity contribution is 5.94. The van der Waals surface area contributed by atoms with Gasteiger partial charge in [-0.1, -0.05) is 37.3 Å². The molecule has 0 fully saturated rings. The third-order valence-corrected chi connectivity index (χ3v) is 3.45. The van der Waals surface area contributed by atoms with Gasteiger partial charge in [0.25, 0.3) is 5.91 Å². The van der Waals surface area contributed by atoms with Crippen LogP contribution in [0, 0.1) is 0 Å². The van der Waals surface area contributed by atoms with E-state index in [0.29, 0.717) is 18.5 Å². The van der Waals surface area contributed by atoms with Crippen LogP contribution in [0.4, 0.5) is 5.69 Å². The Bertz CT molecular complexity index is 636. The van der Waals surface area contributed by atoms with Gasteiger partial charge in [-0.2, -0.15) is 0 Å². The summed E-state index contributed by atoms with van der Waals surface area (Å²) >= 11 is 0. The third-order valence-electron chi connectivity index (χ3n) is 3.45. The molecule has 23 heavy (non-hydrogen) atoms. The van der Waals surface area contributed by atoms with Crippen LogP contribution in [0.15, 0.2) is 54.6 Å². The van der Waals surface area contributed by atoms with E-state index in [0.717, 1.165) is 24.1 Å². The van der Waals surface area contributed by atoms with Gasteiger partial charge in [-0.15, -0.1) is 0 Å². The number of carbonyl (C=O) groups excluding carboxylic acids is 2. The summed E-state index contributed by atoms with van der Waals surface area (Å²) < 4.78 is 0. The van der Waals surface area contributed by atoms with Crippen LogP contribution in [0.3, 0.4) is 0 Å². The minimum Gasteiger partial charge on any atom is -0.352 e. The zero-order valence-electron chi connectivity index (χ0n) is 13.3. The predicted molar refractivity (Wildman–Crippen MR) is 92.5 cm³/mol. The maximum absolute atomic E-state index is 11.9. The molecule has 0 radical (unpaired) electrons. The lowest BCUT2D eigenvalue weighted by Gasteiger charge is -2.07. The van der Waals surface area contributed by atoms with Crippen molar-refractivity contribution in [3.63, 3.8) is 0 Å². The van der Waals surface area contributed by atoms with E-state index in [4.69, 9.17) is 0 Å². The van der Waals surface area contributed by atoms with E-state index in [1.165, 1.54) is 0 Å². The van der Waals surface area contributed by atoms with Gasteiger partial charge in [0, 0.05) is 24.2 Å².